The molecule has 4 rings (SSSR count). The predicted molar refractivity (Wildman–Crippen MR) is 128 cm³/mol. The molecule has 0 radical (unpaired) electrons. The van der Waals surface area contributed by atoms with E-state index in [0.29, 0.717) is 36.0 Å². The van der Waals surface area contributed by atoms with Crippen molar-refractivity contribution in [2.75, 3.05) is 13.2 Å². The van der Waals surface area contributed by atoms with E-state index in [1.165, 1.54) is 4.68 Å². The molecule has 3 aromatic carbocycles. The highest BCUT2D eigenvalue weighted by atomic mass is 16.5. The van der Waals surface area contributed by atoms with Gasteiger partial charge in [0.05, 0.1) is 11.9 Å². The van der Waals surface area contributed by atoms with Gasteiger partial charge in [-0.15, -0.1) is 6.42 Å². The maximum absolute atomic E-state index is 13.0. The van der Waals surface area contributed by atoms with Gasteiger partial charge in [-0.1, -0.05) is 66.6 Å². The van der Waals surface area contributed by atoms with Gasteiger partial charge in [0, 0.05) is 11.9 Å². The van der Waals surface area contributed by atoms with Gasteiger partial charge >= 0.3 is 0 Å². The Bertz CT molecular complexity index is 1350. The lowest BCUT2D eigenvalue weighted by Crippen LogP contribution is -2.32. The molecule has 0 unspecified atom stereocenters. The monoisotopic (exact) mass is 437 g/mol. The standard InChI is InChI=1S/C27H23N3O3/c1-2-18-33-22-14-12-20(13-15-22)16-17-28-26(31)25-23-10-6-7-11-24(23)27(32)30(29-25)19-21-8-4-3-5-9-21/h1,3-15H,16-19H2,(H,28,31). The van der Waals surface area contributed by atoms with Crippen LogP contribution >= 0.6 is 0 Å². The van der Waals surface area contributed by atoms with Crippen LogP contribution in [-0.2, 0) is 13.0 Å². The minimum absolute atomic E-state index is 0.224. The van der Waals surface area contributed by atoms with Crippen LogP contribution in [0.25, 0.3) is 10.8 Å². The summed E-state index contributed by atoms with van der Waals surface area (Å²) >= 11 is 0. The van der Waals surface area contributed by atoms with Crippen LogP contribution in [0.15, 0.2) is 83.7 Å². The number of aromatic nitrogens is 2. The van der Waals surface area contributed by atoms with Crippen LogP contribution in [0.3, 0.4) is 0 Å². The second-order valence-electron chi connectivity index (χ2n) is 7.49. The van der Waals surface area contributed by atoms with E-state index >= 15 is 0 Å². The number of nitrogens with one attached hydrogen (secondary N) is 1. The van der Waals surface area contributed by atoms with Gasteiger partial charge in [0.1, 0.15) is 12.4 Å². The highest BCUT2D eigenvalue weighted by molar-refractivity contribution is 6.04. The zero-order valence-electron chi connectivity index (χ0n) is 18.0. The molecule has 0 spiro atoms. The Balaban J connectivity index is 1.51. The fraction of sp³-hybridized carbons (Fsp3) is 0.148. The fourth-order valence-electron chi connectivity index (χ4n) is 3.55. The Morgan fingerprint density at radius 3 is 2.36 bits per heavy atom. The zero-order chi connectivity index (χ0) is 23.0. The van der Waals surface area contributed by atoms with Crippen molar-refractivity contribution >= 4 is 16.7 Å². The molecule has 0 bridgehead atoms. The van der Waals surface area contributed by atoms with Crippen molar-refractivity contribution in [3.63, 3.8) is 0 Å². The molecule has 0 aliphatic heterocycles. The van der Waals surface area contributed by atoms with Crippen LogP contribution in [0, 0.1) is 12.3 Å². The number of hydrogen-bond donors (Lipinski definition) is 1. The number of carbonyl (C=O) groups excluding carboxylic acids is 1. The third-order valence-corrected chi connectivity index (χ3v) is 5.20. The first-order valence-corrected chi connectivity index (χ1v) is 10.6. The average Bonchev–Trinajstić information content (AvgIpc) is 2.86. The Labute approximate surface area is 191 Å². The van der Waals surface area contributed by atoms with Gasteiger partial charge in [0.25, 0.3) is 11.5 Å². The van der Waals surface area contributed by atoms with Crippen LogP contribution in [-0.4, -0.2) is 28.8 Å². The van der Waals surface area contributed by atoms with Gasteiger partial charge < -0.3 is 10.1 Å². The molecule has 4 aromatic rings. The topological polar surface area (TPSA) is 73.2 Å². The summed E-state index contributed by atoms with van der Waals surface area (Å²) < 4.78 is 6.72. The summed E-state index contributed by atoms with van der Waals surface area (Å²) in [5.74, 6) is 2.82. The lowest BCUT2D eigenvalue weighted by molar-refractivity contribution is 0.0948. The molecular weight excluding hydrogens is 414 g/mol. The lowest BCUT2D eigenvalue weighted by atomic mass is 10.1. The van der Waals surface area contributed by atoms with Crippen LogP contribution in [0.1, 0.15) is 21.6 Å². The van der Waals surface area contributed by atoms with Crippen molar-refractivity contribution in [1.29, 1.82) is 0 Å². The predicted octanol–water partition coefficient (Wildman–Crippen LogP) is 3.43. The van der Waals surface area contributed by atoms with Gasteiger partial charge in [-0.25, -0.2) is 4.68 Å². The molecule has 6 heteroatoms. The van der Waals surface area contributed by atoms with E-state index in [4.69, 9.17) is 11.2 Å². The molecule has 1 heterocycles. The van der Waals surface area contributed by atoms with E-state index in [2.05, 4.69) is 16.3 Å². The third kappa shape index (κ3) is 5.28. The molecule has 0 saturated heterocycles. The van der Waals surface area contributed by atoms with Crippen molar-refractivity contribution in [3.8, 4) is 18.1 Å². The molecule has 1 aromatic heterocycles. The van der Waals surface area contributed by atoms with Gasteiger partial charge in [0.15, 0.2) is 5.69 Å². The lowest BCUT2D eigenvalue weighted by Gasteiger charge is -2.12. The normalized spacial score (nSPS) is 10.5. The SMILES string of the molecule is C#CCOc1ccc(CCNC(=O)c2nn(Cc3ccccc3)c(=O)c3ccccc23)cc1. The summed E-state index contributed by atoms with van der Waals surface area (Å²) in [6, 6.07) is 24.2. The van der Waals surface area contributed by atoms with Gasteiger partial charge in [-0.2, -0.15) is 5.10 Å². The summed E-state index contributed by atoms with van der Waals surface area (Å²) in [5.41, 5.74) is 2.00. The summed E-state index contributed by atoms with van der Waals surface area (Å²) in [5, 5.41) is 8.36. The maximum atomic E-state index is 13.0. The number of carbonyl (C=O) groups is 1. The number of nitrogens with zero attached hydrogens (tertiary/aromatic N) is 2. The summed E-state index contributed by atoms with van der Waals surface area (Å²) in [7, 11) is 0. The van der Waals surface area contributed by atoms with Gasteiger partial charge in [0.2, 0.25) is 0 Å². The first-order valence-electron chi connectivity index (χ1n) is 10.6. The van der Waals surface area contributed by atoms with Crippen LogP contribution in [0.2, 0.25) is 0 Å². The second kappa shape index (κ2) is 10.3. The van der Waals surface area contributed by atoms with Crippen molar-refractivity contribution in [2.24, 2.45) is 0 Å². The number of rotatable bonds is 8. The number of hydrogen-bond acceptors (Lipinski definition) is 4. The molecule has 0 saturated carbocycles. The molecule has 164 valence electrons. The summed E-state index contributed by atoms with van der Waals surface area (Å²) in [4.78, 5) is 26.0. The van der Waals surface area contributed by atoms with Gasteiger partial charge in [-0.05, 0) is 35.7 Å². The average molecular weight is 437 g/mol. The molecule has 1 amide bonds. The van der Waals surface area contributed by atoms with E-state index in [-0.39, 0.29) is 23.8 Å². The van der Waals surface area contributed by atoms with E-state index < -0.39 is 0 Å². The zero-order valence-corrected chi connectivity index (χ0v) is 18.0. The molecule has 0 aliphatic carbocycles. The minimum Gasteiger partial charge on any atom is -0.481 e. The smallest absolute Gasteiger partial charge is 0.274 e. The number of terminal acetylenes is 1. The summed E-state index contributed by atoms with van der Waals surface area (Å²) in [6.07, 6.45) is 5.84. The number of fused-ring (bicyclic) bond motifs is 1. The first kappa shape index (κ1) is 21.8. The Kier molecular flexibility index (Phi) is 6.81. The van der Waals surface area contributed by atoms with E-state index in [0.717, 1.165) is 11.1 Å². The summed E-state index contributed by atoms with van der Waals surface area (Å²) in [6.45, 7) is 0.943. The van der Waals surface area contributed by atoms with Crippen LogP contribution in [0.5, 0.6) is 5.75 Å². The molecule has 0 aliphatic rings. The molecule has 1 N–H and O–H groups in total. The van der Waals surface area contributed by atoms with Crippen molar-refractivity contribution in [3.05, 3.63) is 106 Å². The Hall–Kier alpha value is -4.37. The number of ether oxygens (including phenoxy) is 1. The van der Waals surface area contributed by atoms with Crippen molar-refractivity contribution < 1.29 is 9.53 Å². The molecule has 0 fully saturated rings. The molecule has 0 atom stereocenters. The number of benzene rings is 3. The Morgan fingerprint density at radius 2 is 1.64 bits per heavy atom. The highest BCUT2D eigenvalue weighted by Gasteiger charge is 2.16. The largest absolute Gasteiger partial charge is 0.481 e. The molecule has 6 nitrogen and oxygen atoms in total. The highest BCUT2D eigenvalue weighted by Crippen LogP contribution is 2.15. The van der Waals surface area contributed by atoms with E-state index in [1.54, 1.807) is 24.3 Å². The maximum Gasteiger partial charge on any atom is 0.274 e. The second-order valence-corrected chi connectivity index (χ2v) is 7.49. The van der Waals surface area contributed by atoms with Crippen LogP contribution < -0.4 is 15.6 Å². The van der Waals surface area contributed by atoms with E-state index in [9.17, 15) is 9.59 Å². The third-order valence-electron chi connectivity index (χ3n) is 5.20. The Morgan fingerprint density at radius 1 is 0.939 bits per heavy atom. The minimum atomic E-state index is -0.318. The van der Waals surface area contributed by atoms with Crippen molar-refractivity contribution in [2.45, 2.75) is 13.0 Å². The van der Waals surface area contributed by atoms with Crippen molar-refractivity contribution in [1.82, 2.24) is 15.1 Å². The van der Waals surface area contributed by atoms with E-state index in [1.807, 2.05) is 54.6 Å². The number of amides is 1. The fourth-order valence-corrected chi connectivity index (χ4v) is 3.55. The first-order chi connectivity index (χ1) is 16.2. The van der Waals surface area contributed by atoms with Crippen LogP contribution in [0.4, 0.5) is 0 Å². The molecular formula is C27H23N3O3. The van der Waals surface area contributed by atoms with Gasteiger partial charge in [-0.3, -0.25) is 9.59 Å². The molecule has 33 heavy (non-hydrogen) atoms. The quantitative estimate of drug-likeness (QED) is 0.429.